The molecule has 2 aromatic carbocycles. The molecule has 2 aromatic rings. The van der Waals surface area contributed by atoms with Gasteiger partial charge in [0.15, 0.2) is 0 Å². The maximum absolute atomic E-state index is 15.1. The van der Waals surface area contributed by atoms with Gasteiger partial charge in [0.05, 0.1) is 25.6 Å². The summed E-state index contributed by atoms with van der Waals surface area (Å²) in [6.45, 7) is 6.26. The first kappa shape index (κ1) is 32.2. The highest BCUT2D eigenvalue weighted by atomic mass is 79.9. The fourth-order valence-corrected chi connectivity index (χ4v) is 6.08. The van der Waals surface area contributed by atoms with E-state index in [1.54, 1.807) is 0 Å². The fraction of sp³-hybridized carbons (Fsp3) is 0.500. The van der Waals surface area contributed by atoms with Crippen LogP contribution in [0.4, 0.5) is 17.6 Å². The fourth-order valence-electron chi connectivity index (χ4n) is 5.09. The van der Waals surface area contributed by atoms with Crippen LogP contribution in [0.15, 0.2) is 39.8 Å². The Morgan fingerprint density at radius 3 is 2.28 bits per heavy atom. The lowest BCUT2D eigenvalue weighted by Crippen LogP contribution is -2.52. The third kappa shape index (κ3) is 6.77. The molecule has 0 aromatic heterocycles. The monoisotopic (exact) mass is 671 g/mol. The minimum absolute atomic E-state index is 0.0329. The molecule has 1 fully saturated rings. The molecule has 0 saturated heterocycles. The van der Waals surface area contributed by atoms with Crippen molar-refractivity contribution in [1.29, 1.82) is 0 Å². The van der Waals surface area contributed by atoms with Gasteiger partial charge >= 0.3 is 12.1 Å². The van der Waals surface area contributed by atoms with Crippen LogP contribution < -0.4 is 0 Å². The molecule has 1 heterocycles. The van der Waals surface area contributed by atoms with Crippen molar-refractivity contribution >= 4 is 62.9 Å². The summed E-state index contributed by atoms with van der Waals surface area (Å²) >= 11 is 21.3. The van der Waals surface area contributed by atoms with Crippen molar-refractivity contribution in [2.75, 3.05) is 0 Å². The Bertz CT molecular complexity index is 1200. The van der Waals surface area contributed by atoms with Crippen LogP contribution in [-0.4, -0.2) is 24.5 Å². The SMILES string of the molecule is CC1CCCC(OC(=O)C2C(c3ccc(F)c(Br)c3)N=CC2(c2cc(Cl)c(Cl)c(Cl)c2)C(F)(F)F)C1.CCC. The van der Waals surface area contributed by atoms with Gasteiger partial charge in [0.2, 0.25) is 0 Å². The first-order chi connectivity index (χ1) is 18.3. The van der Waals surface area contributed by atoms with Crippen LogP contribution in [0, 0.1) is 17.7 Å². The molecular weight excluding hydrogens is 645 g/mol. The molecule has 1 aliphatic heterocycles. The quantitative estimate of drug-likeness (QED) is 0.184. The maximum atomic E-state index is 15.1. The lowest BCUT2D eigenvalue weighted by molar-refractivity contribution is -0.195. The molecule has 0 amide bonds. The average molecular weight is 674 g/mol. The van der Waals surface area contributed by atoms with E-state index in [1.807, 2.05) is 6.92 Å². The summed E-state index contributed by atoms with van der Waals surface area (Å²) in [6.07, 6.45) is -0.654. The minimum atomic E-state index is -4.99. The molecule has 4 rings (SSSR count). The molecule has 11 heteroatoms. The van der Waals surface area contributed by atoms with Gasteiger partial charge in [0.1, 0.15) is 23.3 Å². The van der Waals surface area contributed by atoms with E-state index in [0.29, 0.717) is 19.1 Å². The van der Waals surface area contributed by atoms with Gasteiger partial charge in [-0.1, -0.05) is 74.5 Å². The van der Waals surface area contributed by atoms with Crippen molar-refractivity contribution in [3.63, 3.8) is 0 Å². The van der Waals surface area contributed by atoms with E-state index < -0.39 is 41.4 Å². The van der Waals surface area contributed by atoms with Crippen molar-refractivity contribution in [3.05, 3.63) is 66.8 Å². The highest BCUT2D eigenvalue weighted by molar-refractivity contribution is 9.10. The first-order valence-corrected chi connectivity index (χ1v) is 14.6. The van der Waals surface area contributed by atoms with Crippen molar-refractivity contribution in [2.45, 2.75) is 76.6 Å². The zero-order valence-electron chi connectivity index (χ0n) is 21.6. The second-order valence-electron chi connectivity index (χ2n) is 10.0. The van der Waals surface area contributed by atoms with Crippen LogP contribution in [0.25, 0.3) is 0 Å². The number of esters is 1. The highest BCUT2D eigenvalue weighted by Gasteiger charge is 2.67. The van der Waals surface area contributed by atoms with Gasteiger partial charge < -0.3 is 4.74 Å². The van der Waals surface area contributed by atoms with Crippen molar-refractivity contribution in [3.8, 4) is 0 Å². The Morgan fingerprint density at radius 1 is 1.13 bits per heavy atom. The predicted octanol–water partition coefficient (Wildman–Crippen LogP) is 10.3. The number of nitrogens with zero attached hydrogens (tertiary/aromatic N) is 1. The minimum Gasteiger partial charge on any atom is -0.462 e. The predicted molar refractivity (Wildman–Crippen MR) is 152 cm³/mol. The summed E-state index contributed by atoms with van der Waals surface area (Å²) in [6, 6.07) is 4.50. The Hall–Kier alpha value is -1.35. The van der Waals surface area contributed by atoms with E-state index in [4.69, 9.17) is 39.5 Å². The van der Waals surface area contributed by atoms with Gasteiger partial charge in [0, 0.05) is 6.21 Å². The van der Waals surface area contributed by atoms with Crippen LogP contribution in [0.3, 0.4) is 0 Å². The second-order valence-corrected chi connectivity index (χ2v) is 12.1. The topological polar surface area (TPSA) is 38.7 Å². The van der Waals surface area contributed by atoms with Gasteiger partial charge in [-0.3, -0.25) is 9.79 Å². The Morgan fingerprint density at radius 2 is 1.74 bits per heavy atom. The summed E-state index contributed by atoms with van der Waals surface area (Å²) in [5.41, 5.74) is -3.08. The number of aliphatic imine (C=N–C) groups is 1. The van der Waals surface area contributed by atoms with E-state index >= 15 is 13.2 Å². The number of halogens is 8. The number of alkyl halides is 3. The first-order valence-electron chi connectivity index (χ1n) is 12.7. The largest absolute Gasteiger partial charge is 0.462 e. The third-order valence-corrected chi connectivity index (χ3v) is 8.69. The van der Waals surface area contributed by atoms with E-state index in [-0.39, 0.29) is 36.6 Å². The zero-order valence-corrected chi connectivity index (χ0v) is 25.5. The van der Waals surface area contributed by atoms with Gasteiger partial charge in [-0.25, -0.2) is 4.39 Å². The molecule has 0 N–H and O–H groups in total. The van der Waals surface area contributed by atoms with Crippen LogP contribution in [0.2, 0.25) is 15.1 Å². The van der Waals surface area contributed by atoms with Crippen LogP contribution in [0.1, 0.15) is 70.0 Å². The number of rotatable bonds is 4. The summed E-state index contributed by atoms with van der Waals surface area (Å²) in [4.78, 5) is 17.8. The number of carbonyl (C=O) groups excluding carboxylic acids is 1. The van der Waals surface area contributed by atoms with Crippen molar-refractivity contribution in [2.24, 2.45) is 16.8 Å². The third-order valence-electron chi connectivity index (χ3n) is 6.89. The molecule has 5 atom stereocenters. The van der Waals surface area contributed by atoms with Gasteiger partial charge in [-0.05, 0) is 76.5 Å². The number of carbonyl (C=O) groups is 1. The van der Waals surface area contributed by atoms with E-state index in [0.717, 1.165) is 31.0 Å². The molecule has 3 nitrogen and oxygen atoms in total. The Labute approximate surface area is 249 Å². The molecular formula is C28H29BrCl3F4NO2. The molecule has 2 aliphatic rings. The second kappa shape index (κ2) is 13.1. The number of benzene rings is 2. The van der Waals surface area contributed by atoms with Crippen LogP contribution in [0.5, 0.6) is 0 Å². The molecule has 214 valence electrons. The lowest BCUT2D eigenvalue weighted by Gasteiger charge is -2.38. The Balaban J connectivity index is 0.00000134. The Kier molecular flexibility index (Phi) is 10.8. The van der Waals surface area contributed by atoms with E-state index in [9.17, 15) is 9.18 Å². The number of hydrogen-bond acceptors (Lipinski definition) is 3. The van der Waals surface area contributed by atoms with E-state index in [1.165, 1.54) is 18.6 Å². The molecule has 5 unspecified atom stereocenters. The van der Waals surface area contributed by atoms with Gasteiger partial charge in [-0.15, -0.1) is 0 Å². The normalized spacial score (nSPS) is 26.6. The number of ether oxygens (including phenoxy) is 1. The number of hydrogen-bond donors (Lipinski definition) is 0. The molecule has 39 heavy (non-hydrogen) atoms. The average Bonchev–Trinajstić information content (AvgIpc) is 3.27. The summed E-state index contributed by atoms with van der Waals surface area (Å²) in [5, 5.41) is -0.501. The molecule has 0 bridgehead atoms. The standard InChI is InChI=1S/C25H21BrCl3F4NO2.C3H8/c1-12-3-2-4-15(7-12)36-23(35)20-22(13-5-6-19(30)16(26)8-13)34-11-24(20,25(31,32)33)14-9-17(27)21(29)18(28)10-14;1-3-2/h5-6,8-12,15,20,22H,2-4,7H2,1H3;3H2,1-2H3. The van der Waals surface area contributed by atoms with Crippen LogP contribution >= 0.6 is 50.7 Å². The molecule has 0 spiro atoms. The molecule has 1 saturated carbocycles. The van der Waals surface area contributed by atoms with Crippen molar-refractivity contribution in [1.82, 2.24) is 0 Å². The smallest absolute Gasteiger partial charge is 0.404 e. The van der Waals surface area contributed by atoms with Gasteiger partial charge in [-0.2, -0.15) is 13.2 Å². The van der Waals surface area contributed by atoms with Crippen LogP contribution in [-0.2, 0) is 14.9 Å². The van der Waals surface area contributed by atoms with Crippen molar-refractivity contribution < 1.29 is 27.1 Å². The molecule has 0 radical (unpaired) electrons. The summed E-state index contributed by atoms with van der Waals surface area (Å²) < 4.78 is 64.8. The highest BCUT2D eigenvalue weighted by Crippen LogP contribution is 2.56. The maximum Gasteiger partial charge on any atom is 0.404 e. The van der Waals surface area contributed by atoms with Gasteiger partial charge in [0.25, 0.3) is 0 Å². The summed E-state index contributed by atoms with van der Waals surface area (Å²) in [5.74, 6) is -3.21. The summed E-state index contributed by atoms with van der Waals surface area (Å²) in [7, 11) is 0. The lowest BCUT2D eigenvalue weighted by atomic mass is 9.68. The van der Waals surface area contributed by atoms with E-state index in [2.05, 4.69) is 34.8 Å². The zero-order chi connectivity index (χ0) is 29.1. The molecule has 1 aliphatic carbocycles.